The smallest absolute Gasteiger partial charge is 0.471 e. The van der Waals surface area contributed by atoms with Crippen molar-refractivity contribution < 1.29 is 27.9 Å². The maximum Gasteiger partial charge on any atom is 0.471 e. The van der Waals surface area contributed by atoms with Crippen molar-refractivity contribution in [3.05, 3.63) is 34.9 Å². The lowest BCUT2D eigenvalue weighted by molar-refractivity contribution is -0.175. The van der Waals surface area contributed by atoms with E-state index in [0.29, 0.717) is 10.6 Å². The van der Waals surface area contributed by atoms with Crippen LogP contribution in [0, 0.1) is 0 Å². The largest absolute Gasteiger partial charge is 0.480 e. The zero-order valence-corrected chi connectivity index (χ0v) is 10.1. The Morgan fingerprint density at radius 3 is 2.21 bits per heavy atom. The Balaban J connectivity index is 2.77. The van der Waals surface area contributed by atoms with Gasteiger partial charge in [-0.25, -0.2) is 4.79 Å². The molecule has 19 heavy (non-hydrogen) atoms. The molecule has 4 nitrogen and oxygen atoms in total. The van der Waals surface area contributed by atoms with Crippen molar-refractivity contribution in [2.75, 3.05) is 0 Å². The second kappa shape index (κ2) is 5.92. The molecular formula is C11H9ClF3NO3. The van der Waals surface area contributed by atoms with Crippen LogP contribution < -0.4 is 5.32 Å². The van der Waals surface area contributed by atoms with Crippen LogP contribution in [0.5, 0.6) is 0 Å². The van der Waals surface area contributed by atoms with Gasteiger partial charge in [-0.2, -0.15) is 13.2 Å². The third-order valence-electron chi connectivity index (χ3n) is 2.21. The summed E-state index contributed by atoms with van der Waals surface area (Å²) in [4.78, 5) is 21.5. The molecule has 1 aromatic rings. The topological polar surface area (TPSA) is 66.4 Å². The molecule has 1 aromatic carbocycles. The third-order valence-corrected chi connectivity index (χ3v) is 2.47. The monoisotopic (exact) mass is 295 g/mol. The molecule has 1 rings (SSSR count). The molecular weight excluding hydrogens is 287 g/mol. The molecule has 0 fully saturated rings. The van der Waals surface area contributed by atoms with E-state index in [0.717, 1.165) is 0 Å². The van der Waals surface area contributed by atoms with Crippen molar-refractivity contribution in [1.29, 1.82) is 0 Å². The van der Waals surface area contributed by atoms with Gasteiger partial charge in [-0.3, -0.25) is 4.79 Å². The summed E-state index contributed by atoms with van der Waals surface area (Å²) in [6, 6.07) is 4.23. The number of nitrogens with one attached hydrogen (secondary N) is 1. The summed E-state index contributed by atoms with van der Waals surface area (Å²) in [5.41, 5.74) is 0.444. The summed E-state index contributed by atoms with van der Waals surface area (Å²) in [5, 5.41) is 10.6. The van der Waals surface area contributed by atoms with Gasteiger partial charge in [-0.15, -0.1) is 0 Å². The third kappa shape index (κ3) is 4.78. The first-order valence-electron chi connectivity index (χ1n) is 5.05. The Morgan fingerprint density at radius 1 is 1.26 bits per heavy atom. The molecule has 0 aliphatic rings. The van der Waals surface area contributed by atoms with E-state index in [1.165, 1.54) is 29.6 Å². The van der Waals surface area contributed by atoms with Gasteiger partial charge >= 0.3 is 18.1 Å². The highest BCUT2D eigenvalue weighted by Crippen LogP contribution is 2.16. The van der Waals surface area contributed by atoms with Crippen molar-refractivity contribution in [3.8, 4) is 0 Å². The van der Waals surface area contributed by atoms with E-state index in [9.17, 15) is 22.8 Å². The van der Waals surface area contributed by atoms with Crippen LogP contribution in [-0.2, 0) is 16.0 Å². The zero-order valence-electron chi connectivity index (χ0n) is 9.37. The maximum atomic E-state index is 12.0. The zero-order chi connectivity index (χ0) is 14.6. The van der Waals surface area contributed by atoms with Crippen LogP contribution in [0.3, 0.4) is 0 Å². The van der Waals surface area contributed by atoms with Crippen LogP contribution in [0.2, 0.25) is 5.02 Å². The summed E-state index contributed by atoms with van der Waals surface area (Å²) in [7, 11) is 0. The standard InChI is InChI=1S/C11H9ClF3NO3/c12-7-3-1-6(2-4-7)5-8(9(17)18)16-10(19)11(13,14)15/h1-4,8H,5H2,(H,16,19)(H,17,18)/t8-/m1/s1. The number of carboxylic acid groups (broad SMARTS) is 1. The molecule has 0 radical (unpaired) electrons. The minimum absolute atomic E-state index is 0.270. The number of carbonyl (C=O) groups excluding carboxylic acids is 1. The normalized spacial score (nSPS) is 12.8. The first-order chi connectivity index (χ1) is 8.70. The van der Waals surface area contributed by atoms with Crippen LogP contribution in [0.25, 0.3) is 0 Å². The van der Waals surface area contributed by atoms with E-state index in [4.69, 9.17) is 16.7 Å². The van der Waals surface area contributed by atoms with E-state index >= 15 is 0 Å². The molecule has 0 aliphatic heterocycles. The Labute approximate surface area is 111 Å². The Kier molecular flexibility index (Phi) is 4.77. The first-order valence-corrected chi connectivity index (χ1v) is 5.43. The summed E-state index contributed by atoms with van der Waals surface area (Å²) in [6.07, 6.45) is -5.39. The van der Waals surface area contributed by atoms with Gasteiger partial charge in [0.1, 0.15) is 6.04 Å². The lowest BCUT2D eigenvalue weighted by atomic mass is 10.1. The number of halogens is 4. The minimum atomic E-state index is -5.12. The van der Waals surface area contributed by atoms with E-state index in [2.05, 4.69) is 0 Å². The molecule has 104 valence electrons. The fourth-order valence-corrected chi connectivity index (χ4v) is 1.42. The average molecular weight is 296 g/mol. The van der Waals surface area contributed by atoms with Gasteiger partial charge in [0.05, 0.1) is 0 Å². The van der Waals surface area contributed by atoms with Gasteiger partial charge in [-0.05, 0) is 17.7 Å². The Bertz CT molecular complexity index is 473. The number of carbonyl (C=O) groups is 2. The van der Waals surface area contributed by atoms with Crippen LogP contribution >= 0.6 is 11.6 Å². The molecule has 0 heterocycles. The van der Waals surface area contributed by atoms with Gasteiger partial charge < -0.3 is 10.4 Å². The van der Waals surface area contributed by atoms with Crippen LogP contribution in [0.15, 0.2) is 24.3 Å². The molecule has 1 atom stereocenters. The predicted molar refractivity (Wildman–Crippen MR) is 60.8 cm³/mol. The number of aliphatic carboxylic acids is 1. The number of hydrogen-bond acceptors (Lipinski definition) is 2. The van der Waals surface area contributed by atoms with Crippen molar-refractivity contribution >= 4 is 23.5 Å². The first kappa shape index (κ1) is 15.3. The molecule has 2 N–H and O–H groups in total. The fourth-order valence-electron chi connectivity index (χ4n) is 1.30. The Morgan fingerprint density at radius 2 is 1.79 bits per heavy atom. The van der Waals surface area contributed by atoms with Gasteiger partial charge in [0.2, 0.25) is 0 Å². The lowest BCUT2D eigenvalue weighted by Crippen LogP contribution is -2.47. The number of rotatable bonds is 4. The number of benzene rings is 1. The molecule has 0 aromatic heterocycles. The Hall–Kier alpha value is -1.76. The van der Waals surface area contributed by atoms with Gasteiger partial charge in [-0.1, -0.05) is 23.7 Å². The molecule has 8 heteroatoms. The number of carboxylic acids is 1. The molecule has 1 amide bonds. The van der Waals surface area contributed by atoms with Crippen LogP contribution in [0.4, 0.5) is 13.2 Å². The quantitative estimate of drug-likeness (QED) is 0.893. The molecule has 0 spiro atoms. The van der Waals surface area contributed by atoms with E-state index in [1.807, 2.05) is 0 Å². The highest BCUT2D eigenvalue weighted by Gasteiger charge is 2.40. The highest BCUT2D eigenvalue weighted by molar-refractivity contribution is 6.30. The molecule has 0 bridgehead atoms. The minimum Gasteiger partial charge on any atom is -0.480 e. The van der Waals surface area contributed by atoms with Crippen molar-refractivity contribution in [2.24, 2.45) is 0 Å². The summed E-state index contributed by atoms with van der Waals surface area (Å²) in [6.45, 7) is 0. The number of alkyl halides is 3. The summed E-state index contributed by atoms with van der Waals surface area (Å²) < 4.78 is 36.1. The predicted octanol–water partition coefficient (Wildman–Crippen LogP) is 2.01. The van der Waals surface area contributed by atoms with E-state index < -0.39 is 24.1 Å². The molecule has 0 saturated heterocycles. The number of amides is 1. The van der Waals surface area contributed by atoms with Gasteiger partial charge in [0.25, 0.3) is 0 Å². The highest BCUT2D eigenvalue weighted by atomic mass is 35.5. The average Bonchev–Trinajstić information content (AvgIpc) is 2.29. The van der Waals surface area contributed by atoms with Crippen molar-refractivity contribution in [1.82, 2.24) is 5.32 Å². The maximum absolute atomic E-state index is 12.0. The number of hydrogen-bond donors (Lipinski definition) is 2. The molecule has 0 unspecified atom stereocenters. The fraction of sp³-hybridized carbons (Fsp3) is 0.273. The van der Waals surface area contributed by atoms with Crippen LogP contribution in [-0.4, -0.2) is 29.2 Å². The van der Waals surface area contributed by atoms with Crippen molar-refractivity contribution in [2.45, 2.75) is 18.6 Å². The van der Waals surface area contributed by atoms with Crippen molar-refractivity contribution in [3.63, 3.8) is 0 Å². The molecule has 0 aliphatic carbocycles. The second-order valence-electron chi connectivity index (χ2n) is 3.69. The SMILES string of the molecule is O=C(O)[C@@H](Cc1ccc(Cl)cc1)NC(=O)C(F)(F)F. The van der Waals surface area contributed by atoms with Gasteiger partial charge in [0.15, 0.2) is 0 Å². The van der Waals surface area contributed by atoms with Gasteiger partial charge in [0, 0.05) is 11.4 Å². The summed E-state index contributed by atoms with van der Waals surface area (Å²) in [5.74, 6) is -3.83. The molecule has 0 saturated carbocycles. The second-order valence-corrected chi connectivity index (χ2v) is 4.13. The van der Waals surface area contributed by atoms with E-state index in [1.54, 1.807) is 0 Å². The summed E-state index contributed by atoms with van der Waals surface area (Å²) >= 11 is 5.62. The lowest BCUT2D eigenvalue weighted by Gasteiger charge is -2.15. The van der Waals surface area contributed by atoms with E-state index in [-0.39, 0.29) is 6.42 Å². The van der Waals surface area contributed by atoms with Crippen LogP contribution in [0.1, 0.15) is 5.56 Å².